The molecule has 12 heavy (non-hydrogen) atoms. The molecule has 0 N–H and O–H groups in total. The third-order valence-electron chi connectivity index (χ3n) is 1.93. The number of allylic oxidation sites excluding steroid dienone is 1. The first-order valence-corrected chi connectivity index (χ1v) is 4.09. The molecule has 0 aliphatic carbocycles. The molecule has 0 atom stereocenters. The number of aryl methyl sites for hydroxylation is 1. The average Bonchev–Trinajstić information content (AvgIpc) is 2.04. The van der Waals surface area contributed by atoms with E-state index in [0.717, 1.165) is 23.1 Å². The van der Waals surface area contributed by atoms with Crippen LogP contribution in [0.2, 0.25) is 0 Å². The Morgan fingerprint density at radius 1 is 1.50 bits per heavy atom. The molecule has 0 aliphatic rings. The molecule has 1 aromatic rings. The molecule has 0 bridgehead atoms. The minimum absolute atomic E-state index is 0.127. The maximum atomic E-state index is 13.2. The maximum Gasteiger partial charge on any atom is 0.126 e. The van der Waals surface area contributed by atoms with Gasteiger partial charge in [0.05, 0.1) is 0 Å². The molecule has 0 fully saturated rings. The lowest BCUT2D eigenvalue weighted by atomic mass is 10.1. The van der Waals surface area contributed by atoms with Crippen LogP contribution in [0, 0.1) is 5.82 Å². The zero-order valence-electron chi connectivity index (χ0n) is 7.52. The van der Waals surface area contributed by atoms with E-state index in [1.807, 2.05) is 26.0 Å². The quantitative estimate of drug-likeness (QED) is 0.628. The molecular formula is C11H13F. The van der Waals surface area contributed by atoms with E-state index in [4.69, 9.17) is 0 Å². The van der Waals surface area contributed by atoms with E-state index in [0.29, 0.717) is 0 Å². The monoisotopic (exact) mass is 164 g/mol. The summed E-state index contributed by atoms with van der Waals surface area (Å²) in [7, 11) is 0. The van der Waals surface area contributed by atoms with Gasteiger partial charge in [-0.05, 0) is 30.5 Å². The molecule has 1 heteroatoms. The third-order valence-corrected chi connectivity index (χ3v) is 1.93. The Morgan fingerprint density at radius 2 is 2.17 bits per heavy atom. The van der Waals surface area contributed by atoms with Gasteiger partial charge in [-0.3, -0.25) is 0 Å². The molecular weight excluding hydrogens is 151 g/mol. The molecule has 0 saturated carbocycles. The van der Waals surface area contributed by atoms with Crippen molar-refractivity contribution in [1.82, 2.24) is 0 Å². The van der Waals surface area contributed by atoms with Gasteiger partial charge in [-0.25, -0.2) is 4.39 Å². The molecule has 0 aromatic heterocycles. The predicted octanol–water partition coefficient (Wildman–Crippen LogP) is 3.42. The molecule has 1 rings (SSSR count). The number of halogens is 1. The van der Waals surface area contributed by atoms with E-state index in [1.165, 1.54) is 0 Å². The topological polar surface area (TPSA) is 0 Å². The van der Waals surface area contributed by atoms with Gasteiger partial charge in [0.15, 0.2) is 0 Å². The van der Waals surface area contributed by atoms with Crippen LogP contribution in [0.15, 0.2) is 24.8 Å². The van der Waals surface area contributed by atoms with E-state index < -0.39 is 0 Å². The van der Waals surface area contributed by atoms with Crippen molar-refractivity contribution in [2.45, 2.75) is 20.3 Å². The molecule has 64 valence electrons. The second-order valence-electron chi connectivity index (χ2n) is 2.94. The summed E-state index contributed by atoms with van der Waals surface area (Å²) >= 11 is 0. The van der Waals surface area contributed by atoms with Gasteiger partial charge in [-0.1, -0.05) is 31.2 Å². The first-order chi connectivity index (χ1) is 5.65. The van der Waals surface area contributed by atoms with Crippen LogP contribution in [0.1, 0.15) is 25.0 Å². The zero-order chi connectivity index (χ0) is 9.14. The Labute approximate surface area is 72.7 Å². The van der Waals surface area contributed by atoms with Crippen LogP contribution >= 0.6 is 0 Å². The first kappa shape index (κ1) is 8.98. The van der Waals surface area contributed by atoms with Crippen LogP contribution in [0.5, 0.6) is 0 Å². The Bertz CT molecular complexity index is 300. The SMILES string of the molecule is C=C(C)c1ccc(CC)c(F)c1. The molecule has 0 amide bonds. The van der Waals surface area contributed by atoms with Gasteiger partial charge in [0.1, 0.15) is 5.82 Å². The smallest absolute Gasteiger partial charge is 0.126 e. The first-order valence-electron chi connectivity index (χ1n) is 4.09. The fourth-order valence-electron chi connectivity index (χ4n) is 1.10. The van der Waals surface area contributed by atoms with Crippen LogP contribution in [-0.2, 0) is 6.42 Å². The lowest BCUT2D eigenvalue weighted by molar-refractivity contribution is 0.612. The average molecular weight is 164 g/mol. The minimum Gasteiger partial charge on any atom is -0.207 e. The number of hydrogen-bond acceptors (Lipinski definition) is 0. The van der Waals surface area contributed by atoms with Gasteiger partial charge in [0, 0.05) is 0 Å². The zero-order valence-corrected chi connectivity index (χ0v) is 7.52. The molecule has 0 saturated heterocycles. The van der Waals surface area contributed by atoms with Crippen LogP contribution in [-0.4, -0.2) is 0 Å². The van der Waals surface area contributed by atoms with Gasteiger partial charge in [-0.15, -0.1) is 0 Å². The van der Waals surface area contributed by atoms with E-state index >= 15 is 0 Å². The van der Waals surface area contributed by atoms with Crippen LogP contribution in [0.4, 0.5) is 4.39 Å². The molecule has 0 aliphatic heterocycles. The number of hydrogen-bond donors (Lipinski definition) is 0. The fraction of sp³-hybridized carbons (Fsp3) is 0.273. The van der Waals surface area contributed by atoms with E-state index in [1.54, 1.807) is 6.07 Å². The van der Waals surface area contributed by atoms with Crippen molar-refractivity contribution in [2.75, 3.05) is 0 Å². The maximum absolute atomic E-state index is 13.2. The van der Waals surface area contributed by atoms with Crippen molar-refractivity contribution >= 4 is 5.57 Å². The molecule has 0 nitrogen and oxygen atoms in total. The summed E-state index contributed by atoms with van der Waals surface area (Å²) in [6, 6.07) is 5.27. The fourth-order valence-corrected chi connectivity index (χ4v) is 1.10. The van der Waals surface area contributed by atoms with Crippen molar-refractivity contribution in [1.29, 1.82) is 0 Å². The van der Waals surface area contributed by atoms with Crippen molar-refractivity contribution in [3.05, 3.63) is 41.7 Å². The normalized spacial score (nSPS) is 9.92. The summed E-state index contributed by atoms with van der Waals surface area (Å²) in [4.78, 5) is 0. The third kappa shape index (κ3) is 1.73. The summed E-state index contributed by atoms with van der Waals surface area (Å²) in [6.45, 7) is 7.57. The van der Waals surface area contributed by atoms with E-state index in [9.17, 15) is 4.39 Å². The van der Waals surface area contributed by atoms with Gasteiger partial charge >= 0.3 is 0 Å². The molecule has 0 spiro atoms. The summed E-state index contributed by atoms with van der Waals surface area (Å²) in [5.41, 5.74) is 2.54. The number of rotatable bonds is 2. The summed E-state index contributed by atoms with van der Waals surface area (Å²) < 4.78 is 13.2. The highest BCUT2D eigenvalue weighted by atomic mass is 19.1. The lowest BCUT2D eigenvalue weighted by Crippen LogP contribution is -1.89. The molecule has 0 radical (unpaired) electrons. The Kier molecular flexibility index (Phi) is 2.64. The van der Waals surface area contributed by atoms with Crippen molar-refractivity contribution < 1.29 is 4.39 Å². The summed E-state index contributed by atoms with van der Waals surface area (Å²) in [5, 5.41) is 0. The van der Waals surface area contributed by atoms with Crippen LogP contribution in [0.25, 0.3) is 5.57 Å². The molecule has 1 aromatic carbocycles. The second-order valence-corrected chi connectivity index (χ2v) is 2.94. The Hall–Kier alpha value is -1.11. The van der Waals surface area contributed by atoms with Crippen molar-refractivity contribution in [3.63, 3.8) is 0 Å². The summed E-state index contributed by atoms with van der Waals surface area (Å²) in [6.07, 6.45) is 0.738. The molecule has 0 heterocycles. The Morgan fingerprint density at radius 3 is 2.58 bits per heavy atom. The van der Waals surface area contributed by atoms with E-state index in [2.05, 4.69) is 6.58 Å². The highest BCUT2D eigenvalue weighted by Crippen LogP contribution is 2.16. The Balaban J connectivity index is 3.10. The van der Waals surface area contributed by atoms with Gasteiger partial charge in [0.2, 0.25) is 0 Å². The minimum atomic E-state index is -0.127. The van der Waals surface area contributed by atoms with Crippen LogP contribution < -0.4 is 0 Å². The second kappa shape index (κ2) is 3.53. The van der Waals surface area contributed by atoms with E-state index in [-0.39, 0.29) is 5.82 Å². The van der Waals surface area contributed by atoms with Gasteiger partial charge in [-0.2, -0.15) is 0 Å². The van der Waals surface area contributed by atoms with Crippen molar-refractivity contribution in [2.24, 2.45) is 0 Å². The largest absolute Gasteiger partial charge is 0.207 e. The van der Waals surface area contributed by atoms with Gasteiger partial charge in [0.25, 0.3) is 0 Å². The standard InChI is InChI=1S/C11H13F/c1-4-9-5-6-10(8(2)3)7-11(9)12/h5-7H,2,4H2,1,3H3. The predicted molar refractivity (Wildman–Crippen MR) is 50.5 cm³/mol. The number of benzene rings is 1. The van der Waals surface area contributed by atoms with Crippen LogP contribution in [0.3, 0.4) is 0 Å². The molecule has 0 unspecified atom stereocenters. The van der Waals surface area contributed by atoms with Gasteiger partial charge < -0.3 is 0 Å². The lowest BCUT2D eigenvalue weighted by Gasteiger charge is -2.03. The van der Waals surface area contributed by atoms with Crippen molar-refractivity contribution in [3.8, 4) is 0 Å². The summed E-state index contributed by atoms with van der Waals surface area (Å²) in [5.74, 6) is -0.127. The highest BCUT2D eigenvalue weighted by Gasteiger charge is 2.01. The highest BCUT2D eigenvalue weighted by molar-refractivity contribution is 5.61.